The number of carbonyl (C=O) groups excluding carboxylic acids is 2. The molecule has 1 heterocycles. The molecule has 2 aromatic carbocycles. The average molecular weight is 415 g/mol. The predicted molar refractivity (Wildman–Crippen MR) is 105 cm³/mol. The van der Waals surface area contributed by atoms with E-state index in [9.17, 15) is 22.8 Å². The van der Waals surface area contributed by atoms with Crippen LogP contribution in [0.1, 0.15) is 30.4 Å². The summed E-state index contributed by atoms with van der Waals surface area (Å²) in [5.41, 5.74) is 0.107. The number of esters is 1. The lowest BCUT2D eigenvalue weighted by Crippen LogP contribution is -2.38. The molecule has 4 nitrogen and oxygen atoms in total. The fraction of sp³-hybridized carbons (Fsp3) is 0.217. The van der Waals surface area contributed by atoms with Crippen molar-refractivity contribution in [3.63, 3.8) is 0 Å². The minimum Gasteiger partial charge on any atom is -0.458 e. The zero-order valence-electron chi connectivity index (χ0n) is 16.3. The van der Waals surface area contributed by atoms with Gasteiger partial charge in [-0.3, -0.25) is 4.79 Å². The van der Waals surface area contributed by atoms with Gasteiger partial charge in [-0.2, -0.15) is 0 Å². The van der Waals surface area contributed by atoms with E-state index in [1.54, 1.807) is 6.07 Å². The summed E-state index contributed by atoms with van der Waals surface area (Å²) in [6.07, 6.45) is 1.14. The number of halogens is 3. The number of rotatable bonds is 6. The number of hydrogen-bond acceptors (Lipinski definition) is 3. The lowest BCUT2D eigenvalue weighted by molar-refractivity contribution is -0.139. The van der Waals surface area contributed by atoms with Crippen molar-refractivity contribution in [3.05, 3.63) is 95.0 Å². The molecule has 1 unspecified atom stereocenters. The summed E-state index contributed by atoms with van der Waals surface area (Å²) in [6.45, 7) is 4.50. The van der Waals surface area contributed by atoms with Gasteiger partial charge in [0.2, 0.25) is 5.91 Å². The lowest BCUT2D eigenvalue weighted by Gasteiger charge is -2.34. The first-order chi connectivity index (χ1) is 14.3. The van der Waals surface area contributed by atoms with E-state index in [-0.39, 0.29) is 35.4 Å². The molecule has 156 valence electrons. The molecule has 0 spiro atoms. The van der Waals surface area contributed by atoms with E-state index in [1.807, 2.05) is 0 Å². The second-order valence-electron chi connectivity index (χ2n) is 6.84. The van der Waals surface area contributed by atoms with Crippen molar-refractivity contribution in [2.45, 2.75) is 25.8 Å². The first kappa shape index (κ1) is 21.4. The Hall–Kier alpha value is -3.35. The van der Waals surface area contributed by atoms with Gasteiger partial charge in [0.05, 0.1) is 12.1 Å². The predicted octanol–water partition coefficient (Wildman–Crippen LogP) is 4.62. The molecule has 0 radical (unpaired) electrons. The van der Waals surface area contributed by atoms with Crippen molar-refractivity contribution in [2.75, 3.05) is 6.61 Å². The highest BCUT2D eigenvalue weighted by Crippen LogP contribution is 2.38. The zero-order valence-corrected chi connectivity index (χ0v) is 16.3. The van der Waals surface area contributed by atoms with Crippen LogP contribution in [0, 0.1) is 17.5 Å². The van der Waals surface area contributed by atoms with Crippen molar-refractivity contribution in [1.29, 1.82) is 0 Å². The van der Waals surface area contributed by atoms with Crippen LogP contribution in [0.3, 0.4) is 0 Å². The molecule has 30 heavy (non-hydrogen) atoms. The Morgan fingerprint density at radius 3 is 2.40 bits per heavy atom. The Bertz CT molecular complexity index is 1010. The third-order valence-corrected chi connectivity index (χ3v) is 5.03. The van der Waals surface area contributed by atoms with Gasteiger partial charge in [0.1, 0.15) is 24.1 Å². The summed E-state index contributed by atoms with van der Waals surface area (Å²) < 4.78 is 47.9. The minimum absolute atomic E-state index is 0.0679. The quantitative estimate of drug-likeness (QED) is 0.511. The maximum absolute atomic E-state index is 14.5. The van der Waals surface area contributed by atoms with Crippen LogP contribution in [0.15, 0.2) is 66.4 Å². The molecule has 0 saturated heterocycles. The normalized spacial score (nSPS) is 16.6. The molecule has 1 aliphatic rings. The van der Waals surface area contributed by atoms with E-state index in [4.69, 9.17) is 4.74 Å². The van der Waals surface area contributed by atoms with Gasteiger partial charge in [-0.15, -0.1) is 0 Å². The van der Waals surface area contributed by atoms with Crippen molar-refractivity contribution in [2.24, 2.45) is 0 Å². The molecule has 0 aliphatic carbocycles. The second-order valence-corrected chi connectivity index (χ2v) is 6.84. The lowest BCUT2D eigenvalue weighted by atomic mass is 9.83. The zero-order chi connectivity index (χ0) is 21.8. The Balaban J connectivity index is 2.08. The first-order valence-corrected chi connectivity index (χ1v) is 9.31. The number of hydrogen-bond donors (Lipinski definition) is 0. The van der Waals surface area contributed by atoms with Crippen LogP contribution in [0.25, 0.3) is 0 Å². The van der Waals surface area contributed by atoms with Gasteiger partial charge < -0.3 is 9.64 Å². The van der Waals surface area contributed by atoms with E-state index < -0.39 is 41.8 Å². The molecular formula is C23H20F3NO3. The minimum atomic E-state index is -0.877. The summed E-state index contributed by atoms with van der Waals surface area (Å²) in [6, 6.07) is 9.24. The summed E-state index contributed by atoms with van der Waals surface area (Å²) in [7, 11) is 0. The topological polar surface area (TPSA) is 46.6 Å². The largest absolute Gasteiger partial charge is 0.458 e. The van der Waals surface area contributed by atoms with Gasteiger partial charge in [-0.1, -0.05) is 36.9 Å². The number of allylic oxidation sites excluding steroid dienone is 1. The molecule has 1 aliphatic heterocycles. The molecule has 1 amide bonds. The Morgan fingerprint density at radius 1 is 1.13 bits per heavy atom. The standard InChI is InChI=1S/C23H20F3NO3/c1-3-11-30-23(29)22-14(2)27(13-17-19(25)9-6-10-20(17)26)21(28)12-16(22)15-7-4-5-8-18(15)24/h3-10,16H,1,11-13H2,2H3. The van der Waals surface area contributed by atoms with E-state index in [0.717, 1.165) is 17.0 Å². The van der Waals surface area contributed by atoms with Crippen LogP contribution in [-0.4, -0.2) is 23.4 Å². The van der Waals surface area contributed by atoms with Crippen LogP contribution in [0.2, 0.25) is 0 Å². The van der Waals surface area contributed by atoms with Crippen molar-refractivity contribution in [3.8, 4) is 0 Å². The van der Waals surface area contributed by atoms with Crippen LogP contribution in [-0.2, 0) is 20.9 Å². The van der Waals surface area contributed by atoms with Crippen LogP contribution in [0.5, 0.6) is 0 Å². The Morgan fingerprint density at radius 2 is 1.77 bits per heavy atom. The number of nitrogens with zero attached hydrogens (tertiary/aromatic N) is 1. The van der Waals surface area contributed by atoms with Gasteiger partial charge in [-0.05, 0) is 30.7 Å². The van der Waals surface area contributed by atoms with E-state index in [0.29, 0.717) is 0 Å². The van der Waals surface area contributed by atoms with E-state index >= 15 is 0 Å². The van der Waals surface area contributed by atoms with Gasteiger partial charge in [0, 0.05) is 23.6 Å². The van der Waals surface area contributed by atoms with Crippen LogP contribution >= 0.6 is 0 Å². The highest BCUT2D eigenvalue weighted by molar-refractivity contribution is 5.96. The SMILES string of the molecule is C=CCOC(=O)C1=C(C)N(Cc2c(F)cccc2F)C(=O)CC1c1ccccc1F. The summed E-state index contributed by atoms with van der Waals surface area (Å²) in [5.74, 6) is -4.27. The Labute approximate surface area is 172 Å². The molecule has 7 heteroatoms. The molecular weight excluding hydrogens is 395 g/mol. The smallest absolute Gasteiger partial charge is 0.336 e. The molecule has 0 bridgehead atoms. The second kappa shape index (κ2) is 8.98. The van der Waals surface area contributed by atoms with E-state index in [1.165, 1.54) is 37.3 Å². The summed E-state index contributed by atoms with van der Waals surface area (Å²) >= 11 is 0. The van der Waals surface area contributed by atoms with Gasteiger partial charge >= 0.3 is 5.97 Å². The van der Waals surface area contributed by atoms with Gasteiger partial charge in [-0.25, -0.2) is 18.0 Å². The number of carbonyl (C=O) groups is 2. The van der Waals surface area contributed by atoms with Crippen LogP contribution in [0.4, 0.5) is 13.2 Å². The molecule has 0 saturated carbocycles. The fourth-order valence-electron chi connectivity index (χ4n) is 3.55. The Kier molecular flexibility index (Phi) is 6.40. The average Bonchev–Trinajstić information content (AvgIpc) is 2.71. The van der Waals surface area contributed by atoms with Gasteiger partial charge in [0.15, 0.2) is 0 Å². The fourth-order valence-corrected chi connectivity index (χ4v) is 3.55. The number of ether oxygens (including phenoxy) is 1. The molecule has 0 fully saturated rings. The molecule has 1 atom stereocenters. The molecule has 0 N–H and O–H groups in total. The van der Waals surface area contributed by atoms with E-state index in [2.05, 4.69) is 6.58 Å². The third-order valence-electron chi connectivity index (χ3n) is 5.03. The summed E-state index contributed by atoms with van der Waals surface area (Å²) in [4.78, 5) is 26.8. The van der Waals surface area contributed by atoms with Crippen LogP contribution < -0.4 is 0 Å². The van der Waals surface area contributed by atoms with Gasteiger partial charge in [0.25, 0.3) is 0 Å². The number of amides is 1. The summed E-state index contributed by atoms with van der Waals surface area (Å²) in [5, 5.41) is 0. The van der Waals surface area contributed by atoms with Crippen molar-refractivity contribution in [1.82, 2.24) is 4.90 Å². The van der Waals surface area contributed by atoms with Crippen molar-refractivity contribution >= 4 is 11.9 Å². The number of benzene rings is 2. The molecule has 3 rings (SSSR count). The highest BCUT2D eigenvalue weighted by atomic mass is 19.1. The molecule has 2 aromatic rings. The van der Waals surface area contributed by atoms with Crippen molar-refractivity contribution < 1.29 is 27.5 Å². The maximum Gasteiger partial charge on any atom is 0.336 e. The highest BCUT2D eigenvalue weighted by Gasteiger charge is 2.38. The molecule has 0 aromatic heterocycles. The third kappa shape index (κ3) is 4.15. The first-order valence-electron chi connectivity index (χ1n) is 9.31. The maximum atomic E-state index is 14.5. The monoisotopic (exact) mass is 415 g/mol.